The van der Waals surface area contributed by atoms with E-state index in [4.69, 9.17) is 5.11 Å². The standard InChI is InChI=1S/C5H4F3N2O/c6-5(7,8)4-1-9-10(2-4)3-11/h2,11H,3H2. The van der Waals surface area contributed by atoms with Gasteiger partial charge in [-0.2, -0.15) is 18.3 Å². The van der Waals surface area contributed by atoms with Crippen molar-refractivity contribution in [2.24, 2.45) is 0 Å². The lowest BCUT2D eigenvalue weighted by Crippen LogP contribution is -2.03. The molecule has 0 unspecified atom stereocenters. The second-order valence-corrected chi connectivity index (χ2v) is 1.83. The van der Waals surface area contributed by atoms with E-state index in [9.17, 15) is 13.2 Å². The molecule has 0 aliphatic carbocycles. The van der Waals surface area contributed by atoms with Crippen LogP contribution in [0.25, 0.3) is 0 Å². The van der Waals surface area contributed by atoms with Crippen LogP contribution in [0.4, 0.5) is 13.2 Å². The van der Waals surface area contributed by atoms with Gasteiger partial charge in [0.05, 0.1) is 0 Å². The van der Waals surface area contributed by atoms with Crippen molar-refractivity contribution in [2.45, 2.75) is 12.9 Å². The number of aromatic nitrogens is 2. The molecule has 0 spiro atoms. The Labute approximate surface area is 60.1 Å². The third-order valence-electron chi connectivity index (χ3n) is 1.03. The van der Waals surface area contributed by atoms with Gasteiger partial charge in [0, 0.05) is 6.20 Å². The van der Waals surface area contributed by atoms with Gasteiger partial charge in [-0.1, -0.05) is 0 Å². The van der Waals surface area contributed by atoms with Gasteiger partial charge in [0.2, 0.25) is 0 Å². The summed E-state index contributed by atoms with van der Waals surface area (Å²) in [7, 11) is 0. The molecule has 1 aromatic heterocycles. The predicted octanol–water partition coefficient (Wildman–Crippen LogP) is 0.652. The lowest BCUT2D eigenvalue weighted by atomic mass is 10.4. The van der Waals surface area contributed by atoms with Gasteiger partial charge in [0.25, 0.3) is 0 Å². The van der Waals surface area contributed by atoms with Crippen LogP contribution < -0.4 is 0 Å². The summed E-state index contributed by atoms with van der Waals surface area (Å²) in [6.45, 7) is -0.577. The van der Waals surface area contributed by atoms with Crippen molar-refractivity contribution in [3.63, 3.8) is 0 Å². The van der Waals surface area contributed by atoms with E-state index in [-0.39, 0.29) is 0 Å². The van der Waals surface area contributed by atoms with Crippen molar-refractivity contribution < 1.29 is 18.3 Å². The Hall–Kier alpha value is -1.04. The Bertz CT molecular complexity index is 242. The SMILES string of the molecule is OCn1cc(C(F)(F)F)[c]n1. The van der Waals surface area contributed by atoms with E-state index in [1.807, 2.05) is 0 Å². The first kappa shape index (κ1) is 8.06. The summed E-state index contributed by atoms with van der Waals surface area (Å²) >= 11 is 0. The topological polar surface area (TPSA) is 38.0 Å². The molecule has 0 atom stereocenters. The molecule has 0 bridgehead atoms. The third-order valence-corrected chi connectivity index (χ3v) is 1.03. The summed E-state index contributed by atoms with van der Waals surface area (Å²) < 4.78 is 36.1. The molecule has 0 saturated carbocycles. The maximum Gasteiger partial charge on any atom is 0.420 e. The molecule has 1 heterocycles. The number of aliphatic hydroxyl groups is 1. The zero-order valence-corrected chi connectivity index (χ0v) is 5.26. The van der Waals surface area contributed by atoms with Crippen LogP contribution in [0.1, 0.15) is 5.56 Å². The van der Waals surface area contributed by atoms with E-state index in [2.05, 4.69) is 5.10 Å². The zero-order chi connectivity index (χ0) is 8.48. The second kappa shape index (κ2) is 2.54. The zero-order valence-electron chi connectivity index (χ0n) is 5.26. The van der Waals surface area contributed by atoms with Gasteiger partial charge in [0.15, 0.2) is 0 Å². The first-order valence-corrected chi connectivity index (χ1v) is 2.67. The molecule has 1 rings (SSSR count). The number of aliphatic hydroxyl groups excluding tert-OH is 1. The first-order valence-electron chi connectivity index (χ1n) is 2.67. The van der Waals surface area contributed by atoms with E-state index in [1.54, 1.807) is 6.20 Å². The Morgan fingerprint density at radius 3 is 2.55 bits per heavy atom. The Morgan fingerprint density at radius 2 is 2.27 bits per heavy atom. The summed E-state index contributed by atoms with van der Waals surface area (Å²) in [5.41, 5.74) is -0.980. The molecule has 0 saturated heterocycles. The fraction of sp³-hybridized carbons (Fsp3) is 0.400. The third kappa shape index (κ3) is 1.70. The van der Waals surface area contributed by atoms with Crippen molar-refractivity contribution in [2.75, 3.05) is 0 Å². The van der Waals surface area contributed by atoms with Crippen molar-refractivity contribution in [3.8, 4) is 0 Å². The van der Waals surface area contributed by atoms with Crippen LogP contribution in [0, 0.1) is 6.20 Å². The minimum Gasteiger partial charge on any atom is -0.374 e. The maximum absolute atomic E-state index is 11.8. The molecule has 6 heteroatoms. The normalized spacial score (nSPS) is 12.0. The van der Waals surface area contributed by atoms with Gasteiger partial charge in [-0.25, -0.2) is 4.68 Å². The number of hydrogen-bond acceptors (Lipinski definition) is 2. The van der Waals surface area contributed by atoms with E-state index < -0.39 is 18.5 Å². The van der Waals surface area contributed by atoms with Gasteiger partial charge >= 0.3 is 6.18 Å². The molecule has 0 aliphatic rings. The highest BCUT2D eigenvalue weighted by atomic mass is 19.4. The monoisotopic (exact) mass is 165 g/mol. The van der Waals surface area contributed by atoms with Gasteiger partial charge in [-0.3, -0.25) is 0 Å². The highest BCUT2D eigenvalue weighted by molar-refractivity contribution is 5.06. The molecule has 1 radical (unpaired) electrons. The average Bonchev–Trinajstić information content (AvgIpc) is 2.32. The average molecular weight is 165 g/mol. The van der Waals surface area contributed by atoms with Gasteiger partial charge in [-0.05, 0) is 0 Å². The minimum atomic E-state index is -4.44. The van der Waals surface area contributed by atoms with Crippen LogP contribution in [-0.2, 0) is 12.9 Å². The molecule has 1 N–H and O–H groups in total. The van der Waals surface area contributed by atoms with Crippen LogP contribution in [-0.4, -0.2) is 14.9 Å². The molecule has 1 aromatic rings. The van der Waals surface area contributed by atoms with Crippen LogP contribution in [0.5, 0.6) is 0 Å². The fourth-order valence-corrected chi connectivity index (χ4v) is 0.534. The van der Waals surface area contributed by atoms with Crippen LogP contribution in [0.15, 0.2) is 6.20 Å². The predicted molar refractivity (Wildman–Crippen MR) is 28.3 cm³/mol. The highest BCUT2D eigenvalue weighted by Gasteiger charge is 2.32. The largest absolute Gasteiger partial charge is 0.420 e. The van der Waals surface area contributed by atoms with Crippen LogP contribution in [0.3, 0.4) is 0 Å². The Balaban J connectivity index is 2.89. The lowest BCUT2D eigenvalue weighted by Gasteiger charge is -1.99. The fourth-order valence-electron chi connectivity index (χ4n) is 0.534. The summed E-state index contributed by atoms with van der Waals surface area (Å²) in [6, 6.07) is 0. The summed E-state index contributed by atoms with van der Waals surface area (Å²) in [6.07, 6.45) is -2.03. The summed E-state index contributed by atoms with van der Waals surface area (Å²) in [4.78, 5) is 0. The number of alkyl halides is 3. The van der Waals surface area contributed by atoms with E-state index in [1.165, 1.54) is 0 Å². The molecule has 0 amide bonds. The summed E-state index contributed by atoms with van der Waals surface area (Å²) in [5.74, 6) is 0. The summed E-state index contributed by atoms with van der Waals surface area (Å²) in [5, 5.41) is 11.5. The molecule has 0 fully saturated rings. The smallest absolute Gasteiger partial charge is 0.374 e. The Morgan fingerprint density at radius 1 is 1.64 bits per heavy atom. The highest BCUT2D eigenvalue weighted by Crippen LogP contribution is 2.27. The van der Waals surface area contributed by atoms with Gasteiger partial charge in [0.1, 0.15) is 18.5 Å². The lowest BCUT2D eigenvalue weighted by molar-refractivity contribution is -0.137. The van der Waals surface area contributed by atoms with E-state index >= 15 is 0 Å². The quantitative estimate of drug-likeness (QED) is 0.663. The molecule has 0 aliphatic heterocycles. The van der Waals surface area contributed by atoms with Crippen LogP contribution in [0.2, 0.25) is 0 Å². The molecule has 61 valence electrons. The minimum absolute atomic E-state index is 0.577. The maximum atomic E-state index is 11.8. The first-order chi connectivity index (χ1) is 5.04. The van der Waals surface area contributed by atoms with Crippen molar-refractivity contribution in [1.29, 1.82) is 0 Å². The van der Waals surface area contributed by atoms with Crippen molar-refractivity contribution in [1.82, 2.24) is 9.78 Å². The van der Waals surface area contributed by atoms with E-state index in [0.29, 0.717) is 6.20 Å². The number of halogens is 3. The second-order valence-electron chi connectivity index (χ2n) is 1.83. The molecule has 0 aromatic carbocycles. The molecule has 11 heavy (non-hydrogen) atoms. The molecule has 3 nitrogen and oxygen atoms in total. The van der Waals surface area contributed by atoms with Crippen LogP contribution >= 0.6 is 0 Å². The molecular weight excluding hydrogens is 161 g/mol. The van der Waals surface area contributed by atoms with Crippen molar-refractivity contribution >= 4 is 0 Å². The van der Waals surface area contributed by atoms with Gasteiger partial charge < -0.3 is 5.11 Å². The molecular formula is C5H4F3N2O. The van der Waals surface area contributed by atoms with E-state index in [0.717, 1.165) is 4.68 Å². The number of rotatable bonds is 1. The Kier molecular flexibility index (Phi) is 1.86. The van der Waals surface area contributed by atoms with Crippen molar-refractivity contribution in [3.05, 3.63) is 18.0 Å². The van der Waals surface area contributed by atoms with Gasteiger partial charge in [-0.15, -0.1) is 0 Å². The number of hydrogen-bond donors (Lipinski definition) is 1. The number of nitrogens with zero attached hydrogens (tertiary/aromatic N) is 2.